The minimum Gasteiger partial charge on any atom is -0.362 e. The molecule has 3 aliphatic heterocycles. The van der Waals surface area contributed by atoms with E-state index in [2.05, 4.69) is 24.3 Å². The fourth-order valence-electron chi connectivity index (χ4n) is 3.76. The van der Waals surface area contributed by atoms with Crippen LogP contribution in [0.1, 0.15) is 33.3 Å². The van der Waals surface area contributed by atoms with Crippen LogP contribution in [0.2, 0.25) is 0 Å². The molecule has 0 unspecified atom stereocenters. The van der Waals surface area contributed by atoms with Gasteiger partial charge in [-0.15, -0.1) is 0 Å². The highest BCUT2D eigenvalue weighted by atomic mass is 16.8. The van der Waals surface area contributed by atoms with Crippen LogP contribution in [0.3, 0.4) is 0 Å². The average Bonchev–Trinajstić information content (AvgIpc) is 3.17. The van der Waals surface area contributed by atoms with Crippen molar-refractivity contribution in [2.24, 2.45) is 0 Å². The van der Waals surface area contributed by atoms with Crippen LogP contribution in [0.15, 0.2) is 36.4 Å². The van der Waals surface area contributed by atoms with Gasteiger partial charge < -0.3 is 23.7 Å². The number of hydrogen-bond donors (Lipinski definition) is 0. The first-order valence-corrected chi connectivity index (χ1v) is 8.89. The van der Waals surface area contributed by atoms with Gasteiger partial charge in [-0.1, -0.05) is 42.5 Å². The largest absolute Gasteiger partial charge is 0.362 e. The van der Waals surface area contributed by atoms with E-state index in [1.807, 2.05) is 45.9 Å². The summed E-state index contributed by atoms with van der Waals surface area (Å²) < 4.78 is 30.3. The summed E-state index contributed by atoms with van der Waals surface area (Å²) in [5, 5.41) is 0. The molecule has 3 aliphatic rings. The van der Waals surface area contributed by atoms with E-state index in [0.29, 0.717) is 6.61 Å². The Balaban J connectivity index is 1.54. The van der Waals surface area contributed by atoms with E-state index >= 15 is 0 Å². The normalized spacial score (nSPS) is 39.1. The Kier molecular flexibility index (Phi) is 4.25. The first-order valence-electron chi connectivity index (χ1n) is 8.89. The van der Waals surface area contributed by atoms with Gasteiger partial charge in [-0.2, -0.15) is 0 Å². The van der Waals surface area contributed by atoms with Crippen molar-refractivity contribution in [2.45, 2.75) is 69.8 Å². The van der Waals surface area contributed by atoms with Crippen molar-refractivity contribution in [3.8, 4) is 0 Å². The van der Waals surface area contributed by atoms with Gasteiger partial charge in [0.05, 0.1) is 6.61 Å². The van der Waals surface area contributed by atoms with Crippen molar-refractivity contribution < 1.29 is 23.7 Å². The second-order valence-electron chi connectivity index (χ2n) is 7.77. The lowest BCUT2D eigenvalue weighted by Gasteiger charge is -2.26. The molecule has 4 rings (SSSR count). The zero-order valence-electron chi connectivity index (χ0n) is 15.2. The molecule has 0 amide bonds. The third-order valence-electron chi connectivity index (χ3n) is 4.80. The predicted octanol–water partition coefficient (Wildman–Crippen LogP) is 3.14. The first kappa shape index (κ1) is 17.2. The number of ether oxygens (including phenoxy) is 5. The van der Waals surface area contributed by atoms with E-state index in [1.165, 1.54) is 0 Å². The third kappa shape index (κ3) is 3.52. The summed E-state index contributed by atoms with van der Waals surface area (Å²) in [6.45, 7) is 8.22. The molecular formula is C20H26O5. The molecule has 5 nitrogen and oxygen atoms in total. The molecule has 0 aliphatic carbocycles. The molecule has 0 saturated carbocycles. The molecule has 0 bridgehead atoms. The van der Waals surface area contributed by atoms with Crippen LogP contribution in [0.5, 0.6) is 0 Å². The van der Waals surface area contributed by atoms with Crippen LogP contribution < -0.4 is 0 Å². The summed E-state index contributed by atoms with van der Waals surface area (Å²) >= 11 is 0. The van der Waals surface area contributed by atoms with E-state index in [0.717, 1.165) is 5.56 Å². The zero-order chi connectivity index (χ0) is 17.7. The molecule has 25 heavy (non-hydrogen) atoms. The molecule has 0 aromatic heterocycles. The number of rotatable bonds is 3. The van der Waals surface area contributed by atoms with Crippen LogP contribution in [0.25, 0.3) is 6.08 Å². The molecule has 1 aromatic carbocycles. The SMILES string of the molecule is CC1(C)O[C@@H]2[C@H](O1)[C@@H](/C=C/c1ccccc1)O[C@@H]2[C@H]1COC(C)(C)O1. The highest BCUT2D eigenvalue weighted by Crippen LogP contribution is 2.42. The molecule has 0 radical (unpaired) electrons. The van der Waals surface area contributed by atoms with Gasteiger partial charge in [0.15, 0.2) is 11.6 Å². The number of hydrogen-bond acceptors (Lipinski definition) is 5. The fourth-order valence-corrected chi connectivity index (χ4v) is 3.76. The fraction of sp³-hybridized carbons (Fsp3) is 0.600. The van der Waals surface area contributed by atoms with Gasteiger partial charge in [-0.25, -0.2) is 0 Å². The second kappa shape index (κ2) is 6.18. The Morgan fingerprint density at radius 1 is 0.880 bits per heavy atom. The summed E-state index contributed by atoms with van der Waals surface area (Å²) in [6.07, 6.45) is 3.27. The van der Waals surface area contributed by atoms with E-state index in [9.17, 15) is 0 Å². The van der Waals surface area contributed by atoms with Gasteiger partial charge in [-0.05, 0) is 33.3 Å². The standard InChI is InChI=1S/C20H26O5/c1-19(2)21-12-15(23-19)16-18-17(24-20(3,4)25-18)14(22-16)11-10-13-8-6-5-7-9-13/h5-11,14-18H,12H2,1-4H3/b11-10+/t14-,15-,16-,17-,18+/m1/s1. The van der Waals surface area contributed by atoms with Crippen LogP contribution in [-0.2, 0) is 23.7 Å². The molecule has 3 fully saturated rings. The Morgan fingerprint density at radius 3 is 2.28 bits per heavy atom. The predicted molar refractivity (Wildman–Crippen MR) is 92.9 cm³/mol. The van der Waals surface area contributed by atoms with Gasteiger partial charge in [0.2, 0.25) is 0 Å². The van der Waals surface area contributed by atoms with Crippen LogP contribution in [-0.4, -0.2) is 48.7 Å². The van der Waals surface area contributed by atoms with E-state index < -0.39 is 11.6 Å². The molecule has 5 heteroatoms. The smallest absolute Gasteiger partial charge is 0.164 e. The highest BCUT2D eigenvalue weighted by Gasteiger charge is 2.58. The minimum atomic E-state index is -0.620. The lowest BCUT2D eigenvalue weighted by molar-refractivity contribution is -0.201. The lowest BCUT2D eigenvalue weighted by Crippen LogP contribution is -2.40. The van der Waals surface area contributed by atoms with Gasteiger partial charge in [-0.3, -0.25) is 0 Å². The maximum Gasteiger partial charge on any atom is 0.164 e. The van der Waals surface area contributed by atoms with Gasteiger partial charge >= 0.3 is 0 Å². The minimum absolute atomic E-state index is 0.146. The quantitative estimate of drug-likeness (QED) is 0.841. The zero-order valence-corrected chi connectivity index (χ0v) is 15.2. The summed E-state index contributed by atoms with van der Waals surface area (Å²) in [6, 6.07) is 10.2. The van der Waals surface area contributed by atoms with E-state index in [1.54, 1.807) is 0 Å². The lowest BCUT2D eigenvalue weighted by atomic mass is 10.0. The number of fused-ring (bicyclic) bond motifs is 1. The molecule has 3 saturated heterocycles. The van der Waals surface area contributed by atoms with Crippen molar-refractivity contribution in [2.75, 3.05) is 6.61 Å². The Hall–Kier alpha value is -1.24. The summed E-state index contributed by atoms with van der Waals surface area (Å²) in [7, 11) is 0. The summed E-state index contributed by atoms with van der Waals surface area (Å²) in [4.78, 5) is 0. The molecule has 1 aromatic rings. The Labute approximate surface area is 148 Å². The van der Waals surface area contributed by atoms with Crippen molar-refractivity contribution in [1.29, 1.82) is 0 Å². The first-order chi connectivity index (χ1) is 11.8. The van der Waals surface area contributed by atoms with Gasteiger partial charge in [0.25, 0.3) is 0 Å². The average molecular weight is 346 g/mol. The molecular weight excluding hydrogens is 320 g/mol. The van der Waals surface area contributed by atoms with Crippen LogP contribution in [0, 0.1) is 0 Å². The van der Waals surface area contributed by atoms with Crippen molar-refractivity contribution in [3.63, 3.8) is 0 Å². The maximum absolute atomic E-state index is 6.28. The van der Waals surface area contributed by atoms with E-state index in [4.69, 9.17) is 23.7 Å². The Bertz CT molecular complexity index is 639. The third-order valence-corrected chi connectivity index (χ3v) is 4.80. The molecule has 136 valence electrons. The van der Waals surface area contributed by atoms with E-state index in [-0.39, 0.29) is 30.5 Å². The van der Waals surface area contributed by atoms with Gasteiger partial charge in [0.1, 0.15) is 30.5 Å². The molecule has 5 atom stereocenters. The topological polar surface area (TPSA) is 46.2 Å². The molecule has 0 spiro atoms. The van der Waals surface area contributed by atoms with Crippen molar-refractivity contribution >= 4 is 6.08 Å². The second-order valence-corrected chi connectivity index (χ2v) is 7.77. The monoisotopic (exact) mass is 346 g/mol. The molecule has 0 N–H and O–H groups in total. The summed E-state index contributed by atoms with van der Waals surface area (Å²) in [5.41, 5.74) is 1.13. The maximum atomic E-state index is 6.28. The van der Waals surface area contributed by atoms with Crippen LogP contribution in [0.4, 0.5) is 0 Å². The summed E-state index contributed by atoms with van der Waals surface area (Å²) in [5.74, 6) is -1.21. The van der Waals surface area contributed by atoms with Crippen molar-refractivity contribution in [1.82, 2.24) is 0 Å². The highest BCUT2D eigenvalue weighted by molar-refractivity contribution is 5.49. The van der Waals surface area contributed by atoms with Crippen molar-refractivity contribution in [3.05, 3.63) is 42.0 Å². The Morgan fingerprint density at radius 2 is 1.60 bits per heavy atom. The number of benzene rings is 1. The van der Waals surface area contributed by atoms with Crippen LogP contribution >= 0.6 is 0 Å². The molecule has 3 heterocycles. The van der Waals surface area contributed by atoms with Gasteiger partial charge in [0, 0.05) is 0 Å².